The topological polar surface area (TPSA) is 61.4 Å². The number of hydrogen-bond acceptors (Lipinski definition) is 3. The van der Waals surface area contributed by atoms with Gasteiger partial charge in [0.2, 0.25) is 5.91 Å². The molecule has 6 heteroatoms. The van der Waals surface area contributed by atoms with Gasteiger partial charge in [-0.25, -0.2) is 0 Å². The second kappa shape index (κ2) is 5.44. The Hall–Kier alpha value is -1.95. The number of nitrogens with zero attached hydrogens (tertiary/aromatic N) is 1. The van der Waals surface area contributed by atoms with Gasteiger partial charge in [-0.05, 0) is 37.3 Å². The normalized spacial score (nSPS) is 18.7. The lowest BCUT2D eigenvalue weighted by molar-refractivity contribution is -0.123. The highest BCUT2D eigenvalue weighted by molar-refractivity contribution is 7.80. The molecule has 0 spiro atoms. The molecule has 1 unspecified atom stereocenters. The highest BCUT2D eigenvalue weighted by Gasteiger charge is 2.33. The van der Waals surface area contributed by atoms with Gasteiger partial charge in [0, 0.05) is 11.1 Å². The molecular formula is C15H19N3O2S. The third kappa shape index (κ3) is 3.21. The molecule has 0 saturated carbocycles. The molecule has 1 aliphatic heterocycles. The first-order valence-electron chi connectivity index (χ1n) is 6.76. The zero-order valence-electron chi connectivity index (χ0n) is 12.6. The predicted molar refractivity (Wildman–Crippen MR) is 87.2 cm³/mol. The van der Waals surface area contributed by atoms with Crippen LogP contribution >= 0.6 is 12.2 Å². The van der Waals surface area contributed by atoms with Gasteiger partial charge < -0.3 is 10.6 Å². The Morgan fingerprint density at radius 3 is 2.57 bits per heavy atom. The average molecular weight is 305 g/mol. The lowest BCUT2D eigenvalue weighted by atomic mass is 9.95. The van der Waals surface area contributed by atoms with Gasteiger partial charge in [0.1, 0.15) is 6.04 Å². The molecular weight excluding hydrogens is 286 g/mol. The second-order valence-electron chi connectivity index (χ2n) is 6.10. The number of thiocarbonyl (C=S) groups is 1. The maximum absolute atomic E-state index is 12.1. The smallest absolute Gasteiger partial charge is 0.255 e. The van der Waals surface area contributed by atoms with Gasteiger partial charge in [-0.15, -0.1) is 0 Å². The van der Waals surface area contributed by atoms with Gasteiger partial charge in [-0.3, -0.25) is 14.5 Å². The average Bonchev–Trinajstić information content (AvgIpc) is 2.62. The van der Waals surface area contributed by atoms with Crippen LogP contribution in [0, 0.1) is 5.41 Å². The van der Waals surface area contributed by atoms with Crippen molar-refractivity contribution in [2.24, 2.45) is 5.41 Å². The summed E-state index contributed by atoms with van der Waals surface area (Å²) in [4.78, 5) is 25.6. The van der Waals surface area contributed by atoms with Crippen molar-refractivity contribution >= 4 is 40.5 Å². The molecule has 1 aliphatic rings. The van der Waals surface area contributed by atoms with Crippen LogP contribution < -0.4 is 15.5 Å². The summed E-state index contributed by atoms with van der Waals surface area (Å²) in [5, 5.41) is 6.15. The predicted octanol–water partition coefficient (Wildman–Crippen LogP) is 2.28. The van der Waals surface area contributed by atoms with E-state index in [9.17, 15) is 9.59 Å². The summed E-state index contributed by atoms with van der Waals surface area (Å²) in [6, 6.07) is 6.77. The molecule has 2 rings (SSSR count). The summed E-state index contributed by atoms with van der Waals surface area (Å²) in [6.07, 6.45) is 0. The number of carbonyl (C=O) groups is 2. The molecule has 21 heavy (non-hydrogen) atoms. The molecule has 1 saturated heterocycles. The summed E-state index contributed by atoms with van der Waals surface area (Å²) < 4.78 is 0. The van der Waals surface area contributed by atoms with E-state index >= 15 is 0 Å². The minimum atomic E-state index is -0.481. The molecule has 0 radical (unpaired) electrons. The largest absolute Gasteiger partial charge is 0.350 e. The molecule has 0 aromatic heterocycles. The fourth-order valence-corrected chi connectivity index (χ4v) is 2.26. The van der Waals surface area contributed by atoms with E-state index in [-0.39, 0.29) is 17.9 Å². The van der Waals surface area contributed by atoms with Crippen molar-refractivity contribution in [3.8, 4) is 0 Å². The molecule has 0 aliphatic carbocycles. The first kappa shape index (κ1) is 15.4. The highest BCUT2D eigenvalue weighted by Crippen LogP contribution is 2.24. The zero-order chi connectivity index (χ0) is 15.8. The maximum Gasteiger partial charge on any atom is 0.255 e. The standard InChI is InChI=1S/C15H19N3O2S/c1-9-12(19)18(14(21)16-9)11-7-5-6-10(8-11)17-13(20)15(2,3)4/h5-9H,1-4H3,(H,16,21)(H,17,20). The quantitative estimate of drug-likeness (QED) is 0.823. The lowest BCUT2D eigenvalue weighted by Gasteiger charge is -2.19. The fourth-order valence-electron chi connectivity index (χ4n) is 1.89. The Balaban J connectivity index is 2.25. The van der Waals surface area contributed by atoms with Crippen LogP contribution in [0.15, 0.2) is 24.3 Å². The van der Waals surface area contributed by atoms with Crippen LogP contribution in [0.1, 0.15) is 27.7 Å². The van der Waals surface area contributed by atoms with Crippen LogP contribution in [0.2, 0.25) is 0 Å². The van der Waals surface area contributed by atoms with Gasteiger partial charge in [0.15, 0.2) is 5.11 Å². The summed E-state index contributed by atoms with van der Waals surface area (Å²) in [5.41, 5.74) is 0.807. The van der Waals surface area contributed by atoms with Crippen molar-refractivity contribution in [1.82, 2.24) is 5.32 Å². The Labute approximate surface area is 129 Å². The van der Waals surface area contributed by atoms with Crippen molar-refractivity contribution in [1.29, 1.82) is 0 Å². The van der Waals surface area contributed by atoms with E-state index in [0.717, 1.165) is 0 Å². The molecule has 1 aromatic carbocycles. The van der Waals surface area contributed by atoms with Gasteiger partial charge in [-0.1, -0.05) is 26.8 Å². The molecule has 5 nitrogen and oxygen atoms in total. The van der Waals surface area contributed by atoms with Crippen molar-refractivity contribution in [2.45, 2.75) is 33.7 Å². The maximum atomic E-state index is 12.1. The van der Waals surface area contributed by atoms with Gasteiger partial charge >= 0.3 is 0 Å². The van der Waals surface area contributed by atoms with Crippen LogP contribution in [0.4, 0.5) is 11.4 Å². The van der Waals surface area contributed by atoms with E-state index in [0.29, 0.717) is 16.5 Å². The van der Waals surface area contributed by atoms with Crippen molar-refractivity contribution < 1.29 is 9.59 Å². The minimum Gasteiger partial charge on any atom is -0.350 e. The number of benzene rings is 1. The van der Waals surface area contributed by atoms with Gasteiger partial charge in [-0.2, -0.15) is 0 Å². The first-order chi connectivity index (χ1) is 9.70. The van der Waals surface area contributed by atoms with Crippen LogP contribution in [0.3, 0.4) is 0 Å². The summed E-state index contributed by atoms with van der Waals surface area (Å²) in [7, 11) is 0. The second-order valence-corrected chi connectivity index (χ2v) is 6.49. The molecule has 1 fully saturated rings. The monoisotopic (exact) mass is 305 g/mol. The minimum absolute atomic E-state index is 0.0820. The number of rotatable bonds is 2. The molecule has 0 bridgehead atoms. The van der Waals surface area contributed by atoms with Crippen LogP contribution in [0.5, 0.6) is 0 Å². The van der Waals surface area contributed by atoms with Crippen LogP contribution in [-0.4, -0.2) is 23.0 Å². The molecule has 2 amide bonds. The lowest BCUT2D eigenvalue weighted by Crippen LogP contribution is -2.31. The Morgan fingerprint density at radius 1 is 1.38 bits per heavy atom. The van der Waals surface area contributed by atoms with Crippen LogP contribution in [-0.2, 0) is 9.59 Å². The molecule has 2 N–H and O–H groups in total. The zero-order valence-corrected chi connectivity index (χ0v) is 13.4. The first-order valence-corrected chi connectivity index (χ1v) is 7.17. The number of amides is 2. The van der Waals surface area contributed by atoms with E-state index in [2.05, 4.69) is 10.6 Å². The number of hydrogen-bond donors (Lipinski definition) is 2. The summed E-state index contributed by atoms with van der Waals surface area (Å²) in [5.74, 6) is -0.180. The third-order valence-electron chi connectivity index (χ3n) is 3.18. The summed E-state index contributed by atoms with van der Waals surface area (Å²) >= 11 is 5.17. The van der Waals surface area contributed by atoms with E-state index < -0.39 is 5.41 Å². The summed E-state index contributed by atoms with van der Waals surface area (Å²) in [6.45, 7) is 7.30. The van der Waals surface area contributed by atoms with Gasteiger partial charge in [0.05, 0.1) is 5.69 Å². The molecule has 1 atom stereocenters. The van der Waals surface area contributed by atoms with Gasteiger partial charge in [0.25, 0.3) is 5.91 Å². The SMILES string of the molecule is CC1NC(=S)N(c2cccc(NC(=O)C(C)(C)C)c2)C1=O. The fraction of sp³-hybridized carbons (Fsp3) is 0.400. The van der Waals surface area contributed by atoms with Crippen molar-refractivity contribution in [3.63, 3.8) is 0 Å². The van der Waals surface area contributed by atoms with Crippen molar-refractivity contribution in [2.75, 3.05) is 10.2 Å². The third-order valence-corrected chi connectivity index (χ3v) is 3.48. The molecule has 112 valence electrons. The number of anilines is 2. The Bertz CT molecular complexity index is 607. The van der Waals surface area contributed by atoms with Crippen LogP contribution in [0.25, 0.3) is 0 Å². The van der Waals surface area contributed by atoms with E-state index in [1.807, 2.05) is 20.8 Å². The Morgan fingerprint density at radius 2 is 2.05 bits per heavy atom. The van der Waals surface area contributed by atoms with Crippen molar-refractivity contribution in [3.05, 3.63) is 24.3 Å². The number of nitrogens with one attached hydrogen (secondary N) is 2. The molecule has 1 heterocycles. The Kier molecular flexibility index (Phi) is 4.00. The van der Waals surface area contributed by atoms with E-state index in [1.54, 1.807) is 31.2 Å². The van der Waals surface area contributed by atoms with E-state index in [1.165, 1.54) is 4.90 Å². The highest BCUT2D eigenvalue weighted by atomic mass is 32.1. The van der Waals surface area contributed by atoms with E-state index in [4.69, 9.17) is 12.2 Å². The number of carbonyl (C=O) groups excluding carboxylic acids is 2. The molecule has 1 aromatic rings.